The molecule has 1 aromatic heterocycles. The summed E-state index contributed by atoms with van der Waals surface area (Å²) in [6.45, 7) is 9.27. The van der Waals surface area contributed by atoms with Gasteiger partial charge in [-0.3, -0.25) is 9.69 Å². The summed E-state index contributed by atoms with van der Waals surface area (Å²) in [6.07, 6.45) is 2.42. The molecule has 1 aliphatic heterocycles. The molecule has 0 aromatic carbocycles. The molecule has 0 unspecified atom stereocenters. The lowest BCUT2D eigenvalue weighted by molar-refractivity contribution is -0.129. The van der Waals surface area contributed by atoms with E-state index in [1.54, 1.807) is 6.08 Å². The first-order chi connectivity index (χ1) is 10.9. The van der Waals surface area contributed by atoms with Crippen LogP contribution in [0, 0.1) is 5.92 Å². The van der Waals surface area contributed by atoms with Gasteiger partial charge in [0.25, 0.3) is 5.91 Å². The number of nitrogens with one attached hydrogen (secondary N) is 1. The highest BCUT2D eigenvalue weighted by Gasteiger charge is 2.38. The highest BCUT2D eigenvalue weighted by Crippen LogP contribution is 2.23. The van der Waals surface area contributed by atoms with Crippen LogP contribution in [0.25, 0.3) is 0 Å². The molecular weight excluding hydrogens is 334 g/mol. The van der Waals surface area contributed by atoms with Crippen LogP contribution in [0.2, 0.25) is 4.34 Å². The minimum atomic E-state index is -0.413. The Balaban J connectivity index is 2.02. The van der Waals surface area contributed by atoms with Crippen molar-refractivity contribution in [2.45, 2.75) is 32.9 Å². The zero-order valence-corrected chi connectivity index (χ0v) is 15.0. The molecule has 2 rings (SSSR count). The molecule has 0 radical (unpaired) electrons. The lowest BCUT2D eigenvalue weighted by Gasteiger charge is -2.24. The Kier molecular flexibility index (Phi) is 6.21. The van der Waals surface area contributed by atoms with E-state index in [-0.39, 0.29) is 18.6 Å². The van der Waals surface area contributed by atoms with Gasteiger partial charge in [-0.1, -0.05) is 31.5 Å². The second-order valence-electron chi connectivity index (χ2n) is 6.05. The van der Waals surface area contributed by atoms with Gasteiger partial charge in [0, 0.05) is 18.0 Å². The van der Waals surface area contributed by atoms with Crippen LogP contribution in [-0.4, -0.2) is 41.0 Å². The average Bonchev–Trinajstić information content (AvgIpc) is 2.97. The zero-order valence-electron chi connectivity index (χ0n) is 13.4. The van der Waals surface area contributed by atoms with Crippen molar-refractivity contribution in [1.82, 2.24) is 15.1 Å². The van der Waals surface area contributed by atoms with Crippen LogP contribution < -0.4 is 5.32 Å². The number of halogens is 1. The van der Waals surface area contributed by atoms with Crippen LogP contribution in [0.3, 0.4) is 0 Å². The molecule has 1 aliphatic rings. The van der Waals surface area contributed by atoms with Gasteiger partial charge in [-0.15, -0.1) is 17.9 Å². The molecular formula is C16H22ClN3O2S. The standard InChI is InChI=1S/C16H22ClN3O2S/c1-4-7-19(9-12-5-6-14(17)23-12)10-20-15(21)13(8-11(2)3)18-16(20)22/h4-6,11,13H,1,7-10H2,2-3H3,(H,18,22)/t13-/m1/s1. The number of nitrogens with zero attached hydrogens (tertiary/aromatic N) is 2. The maximum absolute atomic E-state index is 12.4. The molecule has 7 heteroatoms. The van der Waals surface area contributed by atoms with Crippen LogP contribution in [0.5, 0.6) is 0 Å². The van der Waals surface area contributed by atoms with Crippen LogP contribution in [0.1, 0.15) is 25.1 Å². The van der Waals surface area contributed by atoms with Crippen molar-refractivity contribution in [1.29, 1.82) is 0 Å². The Morgan fingerprint density at radius 1 is 1.48 bits per heavy atom. The number of rotatable bonds is 8. The SMILES string of the molecule is C=CCN(Cc1ccc(Cl)s1)CN1C(=O)N[C@H](CC(C)C)C1=O. The normalized spacial score (nSPS) is 18.1. The fourth-order valence-electron chi connectivity index (χ4n) is 2.55. The number of carbonyl (C=O) groups excluding carboxylic acids is 2. The van der Waals surface area contributed by atoms with E-state index in [4.69, 9.17) is 11.6 Å². The predicted octanol–water partition coefficient (Wildman–Crippen LogP) is 3.31. The highest BCUT2D eigenvalue weighted by molar-refractivity contribution is 7.16. The number of hydrogen-bond acceptors (Lipinski definition) is 4. The quantitative estimate of drug-likeness (QED) is 0.575. The second kappa shape index (κ2) is 7.95. The fraction of sp³-hybridized carbons (Fsp3) is 0.500. The monoisotopic (exact) mass is 355 g/mol. The molecule has 0 bridgehead atoms. The summed E-state index contributed by atoms with van der Waals surface area (Å²) in [5.41, 5.74) is 0. The van der Waals surface area contributed by atoms with Crippen molar-refractivity contribution in [2.24, 2.45) is 5.92 Å². The van der Waals surface area contributed by atoms with Gasteiger partial charge in [0.1, 0.15) is 6.04 Å². The Morgan fingerprint density at radius 3 is 2.78 bits per heavy atom. The van der Waals surface area contributed by atoms with E-state index in [0.29, 0.717) is 25.4 Å². The first kappa shape index (κ1) is 18.0. The molecule has 5 nitrogen and oxygen atoms in total. The third kappa shape index (κ3) is 4.80. The summed E-state index contributed by atoms with van der Waals surface area (Å²) in [6, 6.07) is 3.07. The summed E-state index contributed by atoms with van der Waals surface area (Å²) < 4.78 is 0.727. The lowest BCUT2D eigenvalue weighted by Crippen LogP contribution is -2.41. The minimum Gasteiger partial charge on any atom is -0.326 e. The Bertz CT molecular complexity index is 588. The van der Waals surface area contributed by atoms with Gasteiger partial charge < -0.3 is 5.32 Å². The van der Waals surface area contributed by atoms with Gasteiger partial charge in [-0.2, -0.15) is 0 Å². The molecule has 1 fully saturated rings. The molecule has 23 heavy (non-hydrogen) atoms. The first-order valence-electron chi connectivity index (χ1n) is 7.60. The van der Waals surface area contributed by atoms with Crippen molar-refractivity contribution in [3.05, 3.63) is 34.0 Å². The van der Waals surface area contributed by atoms with Crippen LogP contribution in [-0.2, 0) is 11.3 Å². The summed E-state index contributed by atoms with van der Waals surface area (Å²) in [5.74, 6) is 0.198. The number of urea groups is 1. The number of carbonyl (C=O) groups is 2. The third-order valence-electron chi connectivity index (χ3n) is 3.55. The van der Waals surface area contributed by atoms with E-state index in [2.05, 4.69) is 11.9 Å². The summed E-state index contributed by atoms with van der Waals surface area (Å²) in [5, 5.41) is 2.77. The van der Waals surface area contributed by atoms with Gasteiger partial charge in [0.15, 0.2) is 0 Å². The fourth-order valence-corrected chi connectivity index (χ4v) is 3.68. The largest absolute Gasteiger partial charge is 0.326 e. The van der Waals surface area contributed by atoms with E-state index < -0.39 is 6.04 Å². The molecule has 126 valence electrons. The van der Waals surface area contributed by atoms with Gasteiger partial charge in [0.05, 0.1) is 11.0 Å². The topological polar surface area (TPSA) is 52.6 Å². The molecule has 3 amide bonds. The highest BCUT2D eigenvalue weighted by atomic mass is 35.5. The summed E-state index contributed by atoms with van der Waals surface area (Å²) >= 11 is 7.45. The van der Waals surface area contributed by atoms with Crippen LogP contribution in [0.4, 0.5) is 4.79 Å². The molecule has 1 atom stereocenters. The smallest absolute Gasteiger partial charge is 0.325 e. The molecule has 0 spiro atoms. The van der Waals surface area contributed by atoms with Crippen molar-refractivity contribution >= 4 is 34.9 Å². The van der Waals surface area contributed by atoms with Crippen LogP contribution in [0.15, 0.2) is 24.8 Å². The van der Waals surface area contributed by atoms with Gasteiger partial charge in [-0.05, 0) is 24.5 Å². The maximum Gasteiger partial charge on any atom is 0.325 e. The van der Waals surface area contributed by atoms with E-state index in [1.165, 1.54) is 16.2 Å². The molecule has 1 saturated heterocycles. The molecule has 1 aromatic rings. The number of amides is 3. The molecule has 0 saturated carbocycles. The molecule has 1 N–H and O–H groups in total. The maximum atomic E-state index is 12.4. The third-order valence-corrected chi connectivity index (χ3v) is 4.77. The first-order valence-corrected chi connectivity index (χ1v) is 8.79. The van der Waals surface area contributed by atoms with E-state index in [9.17, 15) is 9.59 Å². The van der Waals surface area contributed by atoms with Crippen molar-refractivity contribution in [3.63, 3.8) is 0 Å². The Morgan fingerprint density at radius 2 is 2.22 bits per heavy atom. The minimum absolute atomic E-state index is 0.151. The van der Waals surface area contributed by atoms with Gasteiger partial charge in [-0.25, -0.2) is 9.69 Å². The second-order valence-corrected chi connectivity index (χ2v) is 7.84. The molecule has 2 heterocycles. The molecule has 0 aliphatic carbocycles. The van der Waals surface area contributed by atoms with Crippen molar-refractivity contribution < 1.29 is 9.59 Å². The summed E-state index contributed by atoms with van der Waals surface area (Å²) in [4.78, 5) is 28.9. The number of hydrogen-bond donors (Lipinski definition) is 1. The Labute approximate surface area is 145 Å². The van der Waals surface area contributed by atoms with E-state index in [0.717, 1.165) is 9.21 Å². The van der Waals surface area contributed by atoms with E-state index in [1.807, 2.05) is 30.9 Å². The van der Waals surface area contributed by atoms with Crippen molar-refractivity contribution in [3.8, 4) is 0 Å². The van der Waals surface area contributed by atoms with E-state index >= 15 is 0 Å². The Hall–Kier alpha value is -1.37. The lowest BCUT2D eigenvalue weighted by atomic mass is 10.0. The van der Waals surface area contributed by atoms with Gasteiger partial charge in [0.2, 0.25) is 0 Å². The summed E-state index contributed by atoms with van der Waals surface area (Å²) in [7, 11) is 0. The number of imide groups is 1. The van der Waals surface area contributed by atoms with Crippen LogP contribution >= 0.6 is 22.9 Å². The average molecular weight is 356 g/mol. The van der Waals surface area contributed by atoms with Gasteiger partial charge >= 0.3 is 6.03 Å². The zero-order chi connectivity index (χ0) is 17.0. The predicted molar refractivity (Wildman–Crippen MR) is 93.4 cm³/mol. The number of thiophene rings is 1. The van der Waals surface area contributed by atoms with Crippen molar-refractivity contribution in [2.75, 3.05) is 13.2 Å².